The van der Waals surface area contributed by atoms with E-state index in [2.05, 4.69) is 25.1 Å². The van der Waals surface area contributed by atoms with E-state index in [1.54, 1.807) is 12.8 Å². The lowest BCUT2D eigenvalue weighted by Gasteiger charge is -2.51. The lowest BCUT2D eigenvalue weighted by atomic mass is 9.53. The van der Waals surface area contributed by atoms with Crippen LogP contribution in [-0.2, 0) is 0 Å². The van der Waals surface area contributed by atoms with Gasteiger partial charge in [-0.15, -0.1) is 0 Å². The van der Waals surface area contributed by atoms with Crippen molar-refractivity contribution < 1.29 is 0 Å². The van der Waals surface area contributed by atoms with Crippen molar-refractivity contribution in [1.82, 2.24) is 0 Å². The molecule has 8 bridgehead atoms. The van der Waals surface area contributed by atoms with Gasteiger partial charge in [0.25, 0.3) is 0 Å². The molecule has 0 N–H and O–H groups in total. The molecule has 0 heterocycles. The first-order chi connectivity index (χ1) is 12.2. The molecule has 15 unspecified atom stereocenters. The van der Waals surface area contributed by atoms with Crippen molar-refractivity contribution in [1.29, 1.82) is 5.26 Å². The molecule has 0 aliphatic heterocycles. The van der Waals surface area contributed by atoms with Gasteiger partial charge in [0, 0.05) is 0 Å². The smallest absolute Gasteiger partial charge is 0.0689 e. The van der Waals surface area contributed by atoms with E-state index in [1.165, 1.54) is 19.3 Å². The molecule has 0 spiro atoms. The van der Waals surface area contributed by atoms with Crippen LogP contribution in [0.15, 0.2) is 12.2 Å². The van der Waals surface area contributed by atoms with Crippen LogP contribution in [0.2, 0.25) is 0 Å². The Morgan fingerprint density at radius 3 is 2.00 bits per heavy atom. The molecule has 1 heteroatoms. The highest BCUT2D eigenvalue weighted by Gasteiger charge is 2.76. The number of hydrogen-bond donors (Lipinski definition) is 0. The number of nitrogens with zero attached hydrogens (tertiary/aromatic N) is 1. The standard InChI is InChI=1S/C24H29N/c1-24(9-25)8-12-5-17(24)23-16-7-15(20(12)23)21-13-6-14(22(16)21)19-11-3-2-10(4-11)18(13)19/h2-3,10-23H,4-8H2,1H3. The molecule has 130 valence electrons. The average molecular weight is 332 g/mol. The number of nitriles is 1. The second-order valence-corrected chi connectivity index (χ2v) is 11.9. The van der Waals surface area contributed by atoms with E-state index in [0.717, 1.165) is 82.9 Å². The summed E-state index contributed by atoms with van der Waals surface area (Å²) in [4.78, 5) is 0. The Morgan fingerprint density at radius 1 is 0.760 bits per heavy atom. The Bertz CT molecular complexity index is 761. The predicted octanol–water partition coefficient (Wildman–Crippen LogP) is 4.76. The van der Waals surface area contributed by atoms with Crippen molar-refractivity contribution in [3.05, 3.63) is 12.2 Å². The van der Waals surface area contributed by atoms with Crippen LogP contribution in [0.1, 0.15) is 39.0 Å². The molecule has 8 aliphatic carbocycles. The maximum absolute atomic E-state index is 9.87. The summed E-state index contributed by atoms with van der Waals surface area (Å²) in [5.41, 5.74) is 0.0289. The van der Waals surface area contributed by atoms with Gasteiger partial charge in [0.15, 0.2) is 0 Å². The van der Waals surface area contributed by atoms with E-state index < -0.39 is 0 Å². The van der Waals surface area contributed by atoms with E-state index in [4.69, 9.17) is 0 Å². The third kappa shape index (κ3) is 1.18. The lowest BCUT2D eigenvalue weighted by Crippen LogP contribution is -2.48. The number of allylic oxidation sites excluding steroid dienone is 2. The van der Waals surface area contributed by atoms with Gasteiger partial charge in [0.1, 0.15) is 0 Å². The monoisotopic (exact) mass is 331 g/mol. The summed E-state index contributed by atoms with van der Waals surface area (Å²) in [7, 11) is 0. The molecular formula is C24H29N. The molecule has 7 fully saturated rings. The van der Waals surface area contributed by atoms with Crippen molar-refractivity contribution in [2.45, 2.75) is 39.0 Å². The van der Waals surface area contributed by atoms with E-state index in [9.17, 15) is 5.26 Å². The van der Waals surface area contributed by atoms with E-state index in [1.807, 2.05) is 0 Å². The van der Waals surface area contributed by atoms with Crippen LogP contribution >= 0.6 is 0 Å². The zero-order valence-electron chi connectivity index (χ0n) is 15.2. The molecule has 25 heavy (non-hydrogen) atoms. The normalized spacial score (nSPS) is 74.6. The molecule has 0 radical (unpaired) electrons. The van der Waals surface area contributed by atoms with Crippen molar-refractivity contribution >= 4 is 0 Å². The van der Waals surface area contributed by atoms with Gasteiger partial charge in [0.05, 0.1) is 11.5 Å². The number of fused-ring (bicyclic) bond motifs is 23. The number of hydrogen-bond acceptors (Lipinski definition) is 1. The first kappa shape index (κ1) is 13.4. The SMILES string of the molecule is CC1(C#N)CC2CC1C1C3CC(C21)C1C2CC(C4C5C=CC(C5)C24)C31. The minimum absolute atomic E-state index is 0.0289. The fourth-order valence-corrected chi connectivity index (χ4v) is 12.0. The highest BCUT2D eigenvalue weighted by molar-refractivity contribution is 5.28. The predicted molar refractivity (Wildman–Crippen MR) is 94.8 cm³/mol. The maximum Gasteiger partial charge on any atom is 0.0689 e. The average Bonchev–Trinajstić information content (AvgIpc) is 3.44. The molecule has 0 saturated heterocycles. The summed E-state index contributed by atoms with van der Waals surface area (Å²) in [5.74, 6) is 14.3. The number of rotatable bonds is 0. The maximum atomic E-state index is 9.87. The van der Waals surface area contributed by atoms with Crippen molar-refractivity contribution in [3.63, 3.8) is 0 Å². The minimum atomic E-state index is 0.0289. The second-order valence-electron chi connectivity index (χ2n) is 11.9. The van der Waals surface area contributed by atoms with Gasteiger partial charge in [-0.1, -0.05) is 12.2 Å². The quantitative estimate of drug-likeness (QED) is 0.464. The van der Waals surface area contributed by atoms with Crippen LogP contribution in [0.5, 0.6) is 0 Å². The van der Waals surface area contributed by atoms with Crippen LogP contribution in [0.3, 0.4) is 0 Å². The largest absolute Gasteiger partial charge is 0.198 e. The minimum Gasteiger partial charge on any atom is -0.198 e. The van der Waals surface area contributed by atoms with E-state index in [-0.39, 0.29) is 5.41 Å². The van der Waals surface area contributed by atoms with Crippen LogP contribution in [0.25, 0.3) is 0 Å². The Morgan fingerprint density at radius 2 is 1.36 bits per heavy atom. The molecule has 15 atom stereocenters. The Balaban J connectivity index is 1.22. The van der Waals surface area contributed by atoms with Crippen molar-refractivity contribution in [3.8, 4) is 6.07 Å². The summed E-state index contributed by atoms with van der Waals surface area (Å²) in [6, 6.07) is 2.79. The van der Waals surface area contributed by atoms with Gasteiger partial charge >= 0.3 is 0 Å². The van der Waals surface area contributed by atoms with Crippen LogP contribution in [-0.4, -0.2) is 0 Å². The molecule has 0 amide bonds. The molecular weight excluding hydrogens is 302 g/mol. The Kier molecular flexibility index (Phi) is 2.02. The first-order valence-corrected chi connectivity index (χ1v) is 11.3. The van der Waals surface area contributed by atoms with Gasteiger partial charge in [0.2, 0.25) is 0 Å². The summed E-state index contributed by atoms with van der Waals surface area (Å²) >= 11 is 0. The molecule has 0 aromatic heterocycles. The first-order valence-electron chi connectivity index (χ1n) is 11.3. The van der Waals surface area contributed by atoms with Crippen LogP contribution < -0.4 is 0 Å². The van der Waals surface area contributed by atoms with Gasteiger partial charge in [-0.2, -0.15) is 5.26 Å². The zero-order valence-corrected chi connectivity index (χ0v) is 15.2. The zero-order chi connectivity index (χ0) is 16.2. The highest BCUT2D eigenvalue weighted by Crippen LogP contribution is 2.81. The van der Waals surface area contributed by atoms with Gasteiger partial charge in [-0.25, -0.2) is 0 Å². The highest BCUT2D eigenvalue weighted by atomic mass is 14.8. The fraction of sp³-hybridized carbons (Fsp3) is 0.875. The summed E-state index contributed by atoms with van der Waals surface area (Å²) < 4.78 is 0. The molecule has 0 aromatic rings. The molecule has 1 nitrogen and oxygen atoms in total. The summed E-state index contributed by atoms with van der Waals surface area (Å²) in [6.07, 6.45) is 12.6. The molecule has 7 saturated carbocycles. The summed E-state index contributed by atoms with van der Waals surface area (Å²) in [5, 5.41) is 9.87. The van der Waals surface area contributed by atoms with E-state index >= 15 is 0 Å². The Labute approximate surface area is 151 Å². The Hall–Kier alpha value is -0.770. The lowest BCUT2D eigenvalue weighted by molar-refractivity contribution is -0.0347. The molecule has 0 aromatic carbocycles. The third-order valence-corrected chi connectivity index (χ3v) is 11.8. The topological polar surface area (TPSA) is 23.8 Å². The van der Waals surface area contributed by atoms with Gasteiger partial charge < -0.3 is 0 Å². The van der Waals surface area contributed by atoms with Crippen molar-refractivity contribution in [2.24, 2.45) is 88.3 Å². The van der Waals surface area contributed by atoms with E-state index in [0.29, 0.717) is 0 Å². The molecule has 8 aliphatic rings. The fourth-order valence-electron chi connectivity index (χ4n) is 12.0. The van der Waals surface area contributed by atoms with Crippen LogP contribution in [0, 0.1) is 99.6 Å². The summed E-state index contributed by atoms with van der Waals surface area (Å²) in [6.45, 7) is 2.31. The van der Waals surface area contributed by atoms with Crippen LogP contribution in [0.4, 0.5) is 0 Å². The second kappa shape index (κ2) is 3.76. The van der Waals surface area contributed by atoms with Crippen molar-refractivity contribution in [2.75, 3.05) is 0 Å². The third-order valence-electron chi connectivity index (χ3n) is 11.8. The van der Waals surface area contributed by atoms with Gasteiger partial charge in [-0.3, -0.25) is 0 Å². The molecule has 8 rings (SSSR count). The van der Waals surface area contributed by atoms with Gasteiger partial charge in [-0.05, 0) is 122 Å².